The lowest BCUT2D eigenvalue weighted by molar-refractivity contribution is -0.149. The standard InChI is InChI=1S/C23H25NO6S/c1-3-29-22(23(25)26)13-16-5-9-20(10-6-16)24-15-17-4-7-19-14-21(30-31(2,27)28)11-8-18(19)12-17/h4-12,14,22,24H,3,13,15H2,1-2H3,(H,25,26). The second-order valence-electron chi connectivity index (χ2n) is 7.17. The predicted molar refractivity (Wildman–Crippen MR) is 120 cm³/mol. The Morgan fingerprint density at radius 2 is 1.65 bits per heavy atom. The van der Waals surface area contributed by atoms with Crippen LogP contribution in [0.5, 0.6) is 5.75 Å². The highest BCUT2D eigenvalue weighted by Gasteiger charge is 2.17. The van der Waals surface area contributed by atoms with E-state index < -0.39 is 22.2 Å². The topological polar surface area (TPSA) is 102 Å². The van der Waals surface area contributed by atoms with Crippen LogP contribution in [-0.2, 0) is 32.6 Å². The van der Waals surface area contributed by atoms with Gasteiger partial charge in [0.05, 0.1) is 6.26 Å². The fourth-order valence-corrected chi connectivity index (χ4v) is 3.66. The summed E-state index contributed by atoms with van der Waals surface area (Å²) in [5.41, 5.74) is 2.88. The van der Waals surface area contributed by atoms with Crippen LogP contribution < -0.4 is 9.50 Å². The first-order valence-electron chi connectivity index (χ1n) is 9.83. The first kappa shape index (κ1) is 22.6. The molecule has 0 fully saturated rings. The van der Waals surface area contributed by atoms with Gasteiger partial charge in [-0.1, -0.05) is 30.3 Å². The first-order valence-corrected chi connectivity index (χ1v) is 11.6. The van der Waals surface area contributed by atoms with E-state index in [0.717, 1.165) is 33.8 Å². The zero-order chi connectivity index (χ0) is 22.4. The molecule has 3 rings (SSSR count). The molecule has 0 aromatic heterocycles. The van der Waals surface area contributed by atoms with Crippen LogP contribution in [-0.4, -0.2) is 38.5 Å². The van der Waals surface area contributed by atoms with E-state index in [0.29, 0.717) is 19.6 Å². The van der Waals surface area contributed by atoms with Crippen LogP contribution in [0.2, 0.25) is 0 Å². The number of hydrogen-bond acceptors (Lipinski definition) is 6. The largest absolute Gasteiger partial charge is 0.479 e. The molecule has 0 saturated carbocycles. The monoisotopic (exact) mass is 443 g/mol. The summed E-state index contributed by atoms with van der Waals surface area (Å²) < 4.78 is 32.7. The Hall–Kier alpha value is -3.10. The maximum Gasteiger partial charge on any atom is 0.333 e. The number of fused-ring (bicyclic) bond motifs is 1. The summed E-state index contributed by atoms with van der Waals surface area (Å²) in [6, 6.07) is 18.7. The van der Waals surface area contributed by atoms with Crippen LogP contribution in [0.4, 0.5) is 5.69 Å². The molecule has 164 valence electrons. The Balaban J connectivity index is 1.62. The third-order valence-electron chi connectivity index (χ3n) is 4.64. The lowest BCUT2D eigenvalue weighted by Crippen LogP contribution is -2.26. The van der Waals surface area contributed by atoms with Gasteiger partial charge >= 0.3 is 16.1 Å². The molecule has 1 atom stereocenters. The van der Waals surface area contributed by atoms with E-state index in [4.69, 9.17) is 8.92 Å². The van der Waals surface area contributed by atoms with Gasteiger partial charge in [0.15, 0.2) is 6.10 Å². The summed E-state index contributed by atoms with van der Waals surface area (Å²) in [7, 11) is -3.56. The van der Waals surface area contributed by atoms with Crippen molar-refractivity contribution in [1.82, 2.24) is 0 Å². The zero-order valence-corrected chi connectivity index (χ0v) is 18.2. The molecule has 0 aliphatic heterocycles. The Bertz CT molecular complexity index is 1160. The first-order chi connectivity index (χ1) is 14.7. The van der Waals surface area contributed by atoms with Crippen molar-refractivity contribution >= 4 is 32.5 Å². The van der Waals surface area contributed by atoms with Crippen molar-refractivity contribution in [2.75, 3.05) is 18.2 Å². The van der Waals surface area contributed by atoms with Gasteiger partial charge in [0, 0.05) is 25.3 Å². The van der Waals surface area contributed by atoms with Gasteiger partial charge in [0.2, 0.25) is 0 Å². The van der Waals surface area contributed by atoms with Crippen LogP contribution in [0.1, 0.15) is 18.1 Å². The Morgan fingerprint density at radius 3 is 2.29 bits per heavy atom. The second kappa shape index (κ2) is 9.80. The van der Waals surface area contributed by atoms with Crippen LogP contribution in [0, 0.1) is 0 Å². The number of carbonyl (C=O) groups is 1. The number of carboxylic acid groups (broad SMARTS) is 1. The molecule has 3 aromatic rings. The van der Waals surface area contributed by atoms with E-state index in [1.54, 1.807) is 19.1 Å². The van der Waals surface area contributed by atoms with Gasteiger partial charge in [-0.2, -0.15) is 8.42 Å². The summed E-state index contributed by atoms with van der Waals surface area (Å²) in [5, 5.41) is 14.4. The third kappa shape index (κ3) is 6.70. The molecule has 0 radical (unpaired) electrons. The number of carboxylic acids is 1. The quantitative estimate of drug-likeness (QED) is 0.459. The lowest BCUT2D eigenvalue weighted by Gasteiger charge is -2.13. The van der Waals surface area contributed by atoms with Crippen molar-refractivity contribution in [3.63, 3.8) is 0 Å². The van der Waals surface area contributed by atoms with E-state index in [2.05, 4.69) is 5.32 Å². The van der Waals surface area contributed by atoms with Crippen molar-refractivity contribution < 1.29 is 27.2 Å². The van der Waals surface area contributed by atoms with E-state index in [1.807, 2.05) is 48.5 Å². The maximum absolute atomic E-state index is 11.3. The van der Waals surface area contributed by atoms with Crippen LogP contribution >= 0.6 is 0 Å². The molecule has 2 N–H and O–H groups in total. The second-order valence-corrected chi connectivity index (χ2v) is 8.74. The molecule has 7 nitrogen and oxygen atoms in total. The minimum absolute atomic E-state index is 0.287. The average Bonchev–Trinajstić information content (AvgIpc) is 2.71. The molecule has 0 saturated heterocycles. The summed E-state index contributed by atoms with van der Waals surface area (Å²) in [6.07, 6.45) is 0.492. The number of hydrogen-bond donors (Lipinski definition) is 2. The minimum Gasteiger partial charge on any atom is -0.479 e. The number of ether oxygens (including phenoxy) is 1. The molecular formula is C23H25NO6S. The van der Waals surface area contributed by atoms with Crippen LogP contribution in [0.15, 0.2) is 60.7 Å². The smallest absolute Gasteiger partial charge is 0.333 e. The number of aliphatic carboxylic acids is 1. The van der Waals surface area contributed by atoms with Gasteiger partial charge in [-0.3, -0.25) is 0 Å². The van der Waals surface area contributed by atoms with Gasteiger partial charge in [-0.25, -0.2) is 4.79 Å². The van der Waals surface area contributed by atoms with Crippen LogP contribution in [0.25, 0.3) is 10.8 Å². The average molecular weight is 444 g/mol. The number of nitrogens with one attached hydrogen (secondary N) is 1. The fraction of sp³-hybridized carbons (Fsp3) is 0.261. The Morgan fingerprint density at radius 1 is 1.00 bits per heavy atom. The Kier molecular flexibility index (Phi) is 7.14. The predicted octanol–water partition coefficient (Wildman–Crippen LogP) is 3.82. The molecular weight excluding hydrogens is 418 g/mol. The van der Waals surface area contributed by atoms with Gasteiger partial charge in [-0.05, 0) is 59.2 Å². The van der Waals surface area contributed by atoms with E-state index >= 15 is 0 Å². The van der Waals surface area contributed by atoms with Gasteiger partial charge in [0.1, 0.15) is 5.75 Å². The molecule has 0 spiro atoms. The number of rotatable bonds is 10. The maximum atomic E-state index is 11.3. The highest BCUT2D eigenvalue weighted by atomic mass is 32.2. The van der Waals surface area contributed by atoms with Gasteiger partial charge < -0.3 is 19.3 Å². The lowest BCUT2D eigenvalue weighted by atomic mass is 10.1. The normalized spacial score (nSPS) is 12.5. The van der Waals surface area contributed by atoms with Crippen molar-refractivity contribution in [3.05, 3.63) is 71.8 Å². The van der Waals surface area contributed by atoms with Crippen molar-refractivity contribution in [3.8, 4) is 5.75 Å². The molecule has 1 unspecified atom stereocenters. The van der Waals surface area contributed by atoms with Crippen molar-refractivity contribution in [2.24, 2.45) is 0 Å². The fourth-order valence-electron chi connectivity index (χ4n) is 3.21. The van der Waals surface area contributed by atoms with E-state index in [-0.39, 0.29) is 5.75 Å². The molecule has 0 bridgehead atoms. The van der Waals surface area contributed by atoms with Crippen LogP contribution in [0.3, 0.4) is 0 Å². The van der Waals surface area contributed by atoms with E-state index in [9.17, 15) is 18.3 Å². The van der Waals surface area contributed by atoms with Gasteiger partial charge in [0.25, 0.3) is 0 Å². The molecule has 0 aliphatic rings. The molecule has 0 heterocycles. The number of benzene rings is 3. The molecule has 8 heteroatoms. The minimum atomic E-state index is -3.56. The van der Waals surface area contributed by atoms with Crippen molar-refractivity contribution in [1.29, 1.82) is 0 Å². The Labute approximate surface area is 181 Å². The summed E-state index contributed by atoms with van der Waals surface area (Å²) in [4.78, 5) is 11.2. The van der Waals surface area contributed by atoms with Gasteiger partial charge in [-0.15, -0.1) is 0 Å². The zero-order valence-electron chi connectivity index (χ0n) is 17.4. The van der Waals surface area contributed by atoms with E-state index in [1.165, 1.54) is 0 Å². The summed E-state index contributed by atoms with van der Waals surface area (Å²) >= 11 is 0. The molecule has 0 aliphatic carbocycles. The highest BCUT2D eigenvalue weighted by molar-refractivity contribution is 7.86. The van der Waals surface area contributed by atoms with Crippen molar-refractivity contribution in [2.45, 2.75) is 26.0 Å². The molecule has 3 aromatic carbocycles. The molecule has 31 heavy (non-hydrogen) atoms. The number of anilines is 1. The SMILES string of the molecule is CCOC(Cc1ccc(NCc2ccc3cc(OS(C)(=O)=O)ccc3c2)cc1)C(=O)O. The summed E-state index contributed by atoms with van der Waals surface area (Å²) in [6.45, 7) is 2.74. The summed E-state index contributed by atoms with van der Waals surface area (Å²) in [5.74, 6) is -0.675. The molecule has 0 amide bonds. The third-order valence-corrected chi connectivity index (χ3v) is 5.13. The highest BCUT2D eigenvalue weighted by Crippen LogP contribution is 2.23.